The zero-order valence-electron chi connectivity index (χ0n) is 9.11. The van der Waals surface area contributed by atoms with Crippen LogP contribution in [0.4, 0.5) is 4.79 Å². The van der Waals surface area contributed by atoms with Crippen molar-refractivity contribution in [3.05, 3.63) is 34.4 Å². The number of hydrogen-bond donors (Lipinski definition) is 1. The fourth-order valence-corrected chi connectivity index (χ4v) is 2.15. The number of amides is 2. The second-order valence-corrected chi connectivity index (χ2v) is 4.74. The molecule has 4 nitrogen and oxygen atoms in total. The Balaban J connectivity index is 2.20. The highest BCUT2D eigenvalue weighted by Gasteiger charge is 2.25. The zero-order valence-corrected chi connectivity index (χ0v) is 9.93. The van der Waals surface area contributed by atoms with Gasteiger partial charge in [0, 0.05) is 19.3 Å². The Morgan fingerprint density at radius 3 is 2.81 bits per heavy atom. The Kier molecular flexibility index (Phi) is 2.87. The molecule has 2 amide bonds. The summed E-state index contributed by atoms with van der Waals surface area (Å²) >= 11 is 0.947. The van der Waals surface area contributed by atoms with E-state index in [-0.39, 0.29) is 11.1 Å². The molecule has 1 N–H and O–H groups in total. The third-order valence-corrected chi connectivity index (χ3v) is 3.33. The van der Waals surface area contributed by atoms with Crippen molar-refractivity contribution < 1.29 is 9.59 Å². The van der Waals surface area contributed by atoms with E-state index in [1.807, 2.05) is 26.1 Å². The largest absolute Gasteiger partial charge is 0.374 e. The van der Waals surface area contributed by atoms with Crippen LogP contribution in [0, 0.1) is 0 Å². The lowest BCUT2D eigenvalue weighted by molar-refractivity contribution is -0.115. The molecule has 0 aromatic heterocycles. The van der Waals surface area contributed by atoms with Crippen molar-refractivity contribution in [1.29, 1.82) is 0 Å². The highest BCUT2D eigenvalue weighted by atomic mass is 32.2. The van der Waals surface area contributed by atoms with Gasteiger partial charge < -0.3 is 4.90 Å². The number of allylic oxidation sites excluding steroid dienone is 4. The van der Waals surface area contributed by atoms with Gasteiger partial charge in [-0.15, -0.1) is 0 Å². The fraction of sp³-hybridized carbons (Fsp3) is 0.273. The molecule has 2 rings (SSSR count). The van der Waals surface area contributed by atoms with E-state index in [0.29, 0.717) is 4.91 Å². The lowest BCUT2D eigenvalue weighted by Crippen LogP contribution is -2.19. The molecular weight excluding hydrogens is 224 g/mol. The predicted octanol–water partition coefficient (Wildman–Crippen LogP) is 1.63. The van der Waals surface area contributed by atoms with Gasteiger partial charge in [-0.25, -0.2) is 0 Å². The smallest absolute Gasteiger partial charge is 0.290 e. The van der Waals surface area contributed by atoms with E-state index in [0.717, 1.165) is 29.6 Å². The summed E-state index contributed by atoms with van der Waals surface area (Å²) in [7, 11) is 2.01. The van der Waals surface area contributed by atoms with Crippen molar-refractivity contribution >= 4 is 22.9 Å². The molecule has 2 heterocycles. The number of nitrogens with one attached hydrogen (secondary N) is 1. The van der Waals surface area contributed by atoms with Crippen LogP contribution in [-0.2, 0) is 4.79 Å². The Hall–Kier alpha value is -1.49. The van der Waals surface area contributed by atoms with Gasteiger partial charge in [0.05, 0.1) is 4.91 Å². The van der Waals surface area contributed by atoms with E-state index in [1.54, 1.807) is 6.08 Å². The molecule has 5 heteroatoms. The Morgan fingerprint density at radius 1 is 1.50 bits per heavy atom. The molecule has 0 bridgehead atoms. The topological polar surface area (TPSA) is 49.4 Å². The molecule has 84 valence electrons. The number of carbonyl (C=O) groups is 2. The van der Waals surface area contributed by atoms with Gasteiger partial charge in [-0.2, -0.15) is 0 Å². The summed E-state index contributed by atoms with van der Waals surface area (Å²) in [6.45, 7) is 2.83. The molecule has 0 aromatic rings. The van der Waals surface area contributed by atoms with Crippen molar-refractivity contribution in [3.63, 3.8) is 0 Å². The first-order valence-corrected chi connectivity index (χ1v) is 5.72. The van der Waals surface area contributed by atoms with Crippen LogP contribution < -0.4 is 5.32 Å². The summed E-state index contributed by atoms with van der Waals surface area (Å²) in [5.41, 5.74) is 2.12. The summed E-state index contributed by atoms with van der Waals surface area (Å²) in [6, 6.07) is 0. The standard InChI is InChI=1S/C11H12N2O2S/c1-7-5-8(3-4-13(7)2)6-9-10(14)12-11(15)16-9/h3,5-6H,4H2,1-2H3,(H,12,14,15)/b9-6+. The van der Waals surface area contributed by atoms with E-state index in [4.69, 9.17) is 0 Å². The zero-order chi connectivity index (χ0) is 11.7. The summed E-state index contributed by atoms with van der Waals surface area (Å²) in [6.07, 6.45) is 5.77. The number of carbonyl (C=O) groups excluding carboxylic acids is 2. The maximum Gasteiger partial charge on any atom is 0.290 e. The van der Waals surface area contributed by atoms with Crippen LogP contribution in [0.2, 0.25) is 0 Å². The molecule has 1 saturated heterocycles. The average molecular weight is 236 g/mol. The fourth-order valence-electron chi connectivity index (χ4n) is 1.47. The van der Waals surface area contributed by atoms with Crippen molar-refractivity contribution in [2.24, 2.45) is 0 Å². The van der Waals surface area contributed by atoms with Gasteiger partial charge >= 0.3 is 0 Å². The van der Waals surface area contributed by atoms with E-state index in [2.05, 4.69) is 10.2 Å². The van der Waals surface area contributed by atoms with Crippen LogP contribution in [0.1, 0.15) is 6.92 Å². The molecule has 2 aliphatic heterocycles. The summed E-state index contributed by atoms with van der Waals surface area (Å²) in [5, 5.41) is 1.93. The molecule has 2 aliphatic rings. The minimum Gasteiger partial charge on any atom is -0.374 e. The monoisotopic (exact) mass is 236 g/mol. The summed E-state index contributed by atoms with van der Waals surface area (Å²) < 4.78 is 0. The van der Waals surface area contributed by atoms with Gasteiger partial charge in [-0.1, -0.05) is 6.08 Å². The molecule has 0 aromatic carbocycles. The Morgan fingerprint density at radius 2 is 2.25 bits per heavy atom. The van der Waals surface area contributed by atoms with E-state index in [9.17, 15) is 9.59 Å². The van der Waals surface area contributed by atoms with Crippen molar-refractivity contribution in [3.8, 4) is 0 Å². The highest BCUT2D eigenvalue weighted by Crippen LogP contribution is 2.26. The maximum atomic E-state index is 11.3. The number of imide groups is 1. The molecule has 1 fully saturated rings. The number of likely N-dealkylation sites (N-methyl/N-ethyl adjacent to an activating group) is 1. The average Bonchev–Trinajstić information content (AvgIpc) is 2.51. The first kappa shape index (κ1) is 11.0. The number of rotatable bonds is 1. The highest BCUT2D eigenvalue weighted by molar-refractivity contribution is 8.18. The summed E-state index contributed by atoms with van der Waals surface area (Å²) in [5.74, 6) is -0.305. The summed E-state index contributed by atoms with van der Waals surface area (Å²) in [4.78, 5) is 24.9. The molecule has 0 atom stereocenters. The minimum atomic E-state index is -0.305. The maximum absolute atomic E-state index is 11.3. The van der Waals surface area contributed by atoms with Crippen LogP contribution in [0.15, 0.2) is 34.4 Å². The third-order valence-electron chi connectivity index (χ3n) is 2.52. The molecule has 0 radical (unpaired) electrons. The third kappa shape index (κ3) is 2.19. The van der Waals surface area contributed by atoms with Gasteiger partial charge in [-0.3, -0.25) is 14.9 Å². The van der Waals surface area contributed by atoms with Gasteiger partial charge in [0.2, 0.25) is 0 Å². The van der Waals surface area contributed by atoms with Gasteiger partial charge in [0.15, 0.2) is 0 Å². The predicted molar refractivity (Wildman–Crippen MR) is 63.7 cm³/mol. The number of hydrogen-bond acceptors (Lipinski definition) is 4. The number of nitrogens with zero attached hydrogens (tertiary/aromatic N) is 1. The quantitative estimate of drug-likeness (QED) is 0.703. The second kappa shape index (κ2) is 4.17. The van der Waals surface area contributed by atoms with Crippen molar-refractivity contribution in [1.82, 2.24) is 10.2 Å². The SMILES string of the molecule is CC1=CC(/C=C2/SC(=O)NC2=O)=CCN1C. The lowest BCUT2D eigenvalue weighted by Gasteiger charge is -2.22. The first-order chi connectivity index (χ1) is 7.56. The van der Waals surface area contributed by atoms with E-state index < -0.39 is 0 Å². The minimum absolute atomic E-state index is 0.300. The normalized spacial score (nSPS) is 23.4. The Bertz CT molecular complexity index is 449. The van der Waals surface area contributed by atoms with Gasteiger partial charge in [0.25, 0.3) is 11.1 Å². The first-order valence-electron chi connectivity index (χ1n) is 4.91. The van der Waals surface area contributed by atoms with Gasteiger partial charge in [-0.05, 0) is 36.4 Å². The molecule has 0 saturated carbocycles. The van der Waals surface area contributed by atoms with Crippen LogP contribution in [0.5, 0.6) is 0 Å². The number of thioether (sulfide) groups is 1. The molecule has 0 aliphatic carbocycles. The van der Waals surface area contributed by atoms with Crippen molar-refractivity contribution in [2.75, 3.05) is 13.6 Å². The van der Waals surface area contributed by atoms with Crippen molar-refractivity contribution in [2.45, 2.75) is 6.92 Å². The van der Waals surface area contributed by atoms with Crippen LogP contribution in [-0.4, -0.2) is 29.6 Å². The molecule has 16 heavy (non-hydrogen) atoms. The van der Waals surface area contributed by atoms with E-state index >= 15 is 0 Å². The van der Waals surface area contributed by atoms with Crippen LogP contribution in [0.25, 0.3) is 0 Å². The van der Waals surface area contributed by atoms with Crippen LogP contribution >= 0.6 is 11.8 Å². The second-order valence-electron chi connectivity index (χ2n) is 3.72. The molecular formula is C11H12N2O2S. The van der Waals surface area contributed by atoms with E-state index in [1.165, 1.54) is 0 Å². The molecule has 0 spiro atoms. The lowest BCUT2D eigenvalue weighted by atomic mass is 10.1. The van der Waals surface area contributed by atoms with Crippen LogP contribution in [0.3, 0.4) is 0 Å². The Labute approximate surface area is 98.1 Å². The van der Waals surface area contributed by atoms with Gasteiger partial charge in [0.1, 0.15) is 0 Å². The molecule has 0 unspecified atom stereocenters.